The number of carboxylic acids is 1. The molecule has 0 spiro atoms. The highest BCUT2D eigenvalue weighted by Gasteiger charge is 2.38. The molecule has 1 fully saturated rings. The van der Waals surface area contributed by atoms with Gasteiger partial charge in [-0.3, -0.25) is 4.98 Å². The molecule has 5 rings (SSSR count). The van der Waals surface area contributed by atoms with Crippen LogP contribution in [0.2, 0.25) is 0 Å². The van der Waals surface area contributed by atoms with E-state index in [0.29, 0.717) is 17.8 Å². The van der Waals surface area contributed by atoms with Gasteiger partial charge in [0.1, 0.15) is 0 Å². The lowest BCUT2D eigenvalue weighted by atomic mass is 10.1. The van der Waals surface area contributed by atoms with Crippen LogP contribution >= 0.6 is 0 Å². The van der Waals surface area contributed by atoms with Crippen LogP contribution in [-0.4, -0.2) is 48.4 Å². The number of fused-ring (bicyclic) bond motifs is 1. The number of alkyl halides is 3. The van der Waals surface area contributed by atoms with Crippen molar-refractivity contribution in [2.24, 2.45) is 0 Å². The van der Waals surface area contributed by atoms with Crippen molar-refractivity contribution in [3.05, 3.63) is 42.5 Å². The summed E-state index contributed by atoms with van der Waals surface area (Å²) in [6.07, 6.45) is 3.01. The van der Waals surface area contributed by atoms with E-state index in [0.717, 1.165) is 33.4 Å². The highest BCUT2D eigenvalue weighted by Crippen LogP contribution is 2.39. The Bertz CT molecular complexity index is 1310. The number of carboxylic acid groups (broad SMARTS) is 1. The first-order valence-electron chi connectivity index (χ1n) is 10.5. The molecule has 1 aromatic carbocycles. The third kappa shape index (κ3) is 5.33. The van der Waals surface area contributed by atoms with Crippen LogP contribution in [0.15, 0.2) is 41.2 Å². The van der Waals surface area contributed by atoms with Gasteiger partial charge in [0.05, 0.1) is 17.6 Å². The van der Waals surface area contributed by atoms with Crippen LogP contribution < -0.4 is 5.32 Å². The van der Waals surface area contributed by atoms with Crippen molar-refractivity contribution in [2.45, 2.75) is 44.8 Å². The number of anilines is 1. The van der Waals surface area contributed by atoms with Gasteiger partial charge in [0.15, 0.2) is 0 Å². The average molecular weight is 474 g/mol. The van der Waals surface area contributed by atoms with E-state index in [-0.39, 0.29) is 6.04 Å². The Morgan fingerprint density at radius 3 is 2.62 bits per heavy atom. The fourth-order valence-corrected chi connectivity index (χ4v) is 3.20. The summed E-state index contributed by atoms with van der Waals surface area (Å²) in [5, 5.41) is 19.5. The Morgan fingerprint density at radius 1 is 1.24 bits per heavy atom. The maximum absolute atomic E-state index is 10.6. The van der Waals surface area contributed by atoms with E-state index >= 15 is 0 Å². The summed E-state index contributed by atoms with van der Waals surface area (Å²) in [5.41, 5.74) is 4.91. The fraction of sp³-hybridized carbons (Fsp3) is 0.318. The maximum atomic E-state index is 10.6. The zero-order valence-corrected chi connectivity index (χ0v) is 18.2. The van der Waals surface area contributed by atoms with Gasteiger partial charge < -0.3 is 19.8 Å². The lowest BCUT2D eigenvalue weighted by Gasteiger charge is -2.03. The van der Waals surface area contributed by atoms with Crippen molar-refractivity contribution >= 4 is 22.9 Å². The van der Waals surface area contributed by atoms with Gasteiger partial charge in [-0.15, -0.1) is 5.10 Å². The molecule has 0 amide bonds. The number of halogens is 3. The molecule has 4 aromatic rings. The SMILES string of the molecule is CC(C)Nc1nnc(-c2ccc3[nH]cc(-c4cncc(C5CC5)n4)c3c2)o1.O=C(O)C(F)(F)F. The van der Waals surface area contributed by atoms with Crippen LogP contribution in [0.25, 0.3) is 33.6 Å². The molecule has 1 saturated carbocycles. The molecule has 0 unspecified atom stereocenters. The first-order valence-corrected chi connectivity index (χ1v) is 10.5. The minimum Gasteiger partial charge on any atom is -0.475 e. The average Bonchev–Trinajstić information content (AvgIpc) is 3.39. The standard InChI is InChI=1S/C20H20N6O.C2HF3O2/c1-11(2)23-20-26-25-19(27-20)13-5-6-16-14(7-13)15(8-22-16)18-10-21-9-17(24-18)12-3-4-12;3-2(4,5)1(6)7/h5-12,22H,3-4H2,1-2H3,(H,23,26);(H,6,7). The van der Waals surface area contributed by atoms with E-state index in [1.54, 1.807) is 0 Å². The molecule has 1 aliphatic carbocycles. The normalized spacial score (nSPS) is 13.6. The van der Waals surface area contributed by atoms with Gasteiger partial charge >= 0.3 is 18.2 Å². The number of aromatic amines is 1. The van der Waals surface area contributed by atoms with Gasteiger partial charge in [0, 0.05) is 46.4 Å². The number of nitrogens with zero attached hydrogens (tertiary/aromatic N) is 4. The third-order valence-electron chi connectivity index (χ3n) is 4.93. The highest BCUT2D eigenvalue weighted by atomic mass is 19.4. The van der Waals surface area contributed by atoms with E-state index in [2.05, 4.69) is 31.5 Å². The summed E-state index contributed by atoms with van der Waals surface area (Å²) in [5.74, 6) is -1.69. The van der Waals surface area contributed by atoms with E-state index in [4.69, 9.17) is 19.3 Å². The summed E-state index contributed by atoms with van der Waals surface area (Å²) in [6.45, 7) is 4.05. The summed E-state index contributed by atoms with van der Waals surface area (Å²) in [6, 6.07) is 6.71. The summed E-state index contributed by atoms with van der Waals surface area (Å²) >= 11 is 0. The first-order chi connectivity index (χ1) is 16.1. The molecule has 9 nitrogen and oxygen atoms in total. The summed E-state index contributed by atoms with van der Waals surface area (Å²) in [4.78, 5) is 21.4. The number of rotatable bonds is 5. The second-order valence-corrected chi connectivity index (χ2v) is 8.08. The number of aromatic nitrogens is 5. The molecular formula is C22H21F3N6O3. The van der Waals surface area contributed by atoms with Crippen LogP contribution in [0.1, 0.15) is 38.3 Å². The molecule has 0 aliphatic heterocycles. The van der Waals surface area contributed by atoms with E-state index in [9.17, 15) is 13.2 Å². The Balaban J connectivity index is 0.000000344. The number of aliphatic carboxylic acids is 1. The lowest BCUT2D eigenvalue weighted by Crippen LogP contribution is -2.21. The third-order valence-corrected chi connectivity index (χ3v) is 4.93. The zero-order valence-electron chi connectivity index (χ0n) is 18.2. The predicted octanol–water partition coefficient (Wildman–Crippen LogP) is 5.01. The van der Waals surface area contributed by atoms with Crippen molar-refractivity contribution in [2.75, 3.05) is 5.32 Å². The number of carbonyl (C=O) groups is 1. The Kier molecular flexibility index (Phi) is 6.22. The molecule has 34 heavy (non-hydrogen) atoms. The second-order valence-electron chi connectivity index (χ2n) is 8.08. The van der Waals surface area contributed by atoms with Crippen molar-refractivity contribution < 1.29 is 27.5 Å². The molecule has 0 radical (unpaired) electrons. The van der Waals surface area contributed by atoms with Crippen molar-refractivity contribution in [1.82, 2.24) is 25.1 Å². The monoisotopic (exact) mass is 474 g/mol. The molecule has 3 heterocycles. The van der Waals surface area contributed by atoms with Crippen LogP contribution in [-0.2, 0) is 4.79 Å². The molecule has 0 bridgehead atoms. The van der Waals surface area contributed by atoms with Crippen LogP contribution in [0, 0.1) is 0 Å². The van der Waals surface area contributed by atoms with Gasteiger partial charge in [-0.2, -0.15) is 13.2 Å². The maximum Gasteiger partial charge on any atom is 0.490 e. The zero-order chi connectivity index (χ0) is 24.5. The molecule has 3 N–H and O–H groups in total. The van der Waals surface area contributed by atoms with Gasteiger partial charge in [-0.1, -0.05) is 5.10 Å². The van der Waals surface area contributed by atoms with Gasteiger partial charge in [0.2, 0.25) is 5.89 Å². The topological polar surface area (TPSA) is 130 Å². The summed E-state index contributed by atoms with van der Waals surface area (Å²) < 4.78 is 37.5. The first kappa shape index (κ1) is 23.2. The van der Waals surface area contributed by atoms with Gasteiger partial charge in [-0.25, -0.2) is 9.78 Å². The predicted molar refractivity (Wildman–Crippen MR) is 117 cm³/mol. The second kappa shape index (κ2) is 9.12. The number of benzene rings is 1. The van der Waals surface area contributed by atoms with Crippen molar-refractivity contribution in [3.8, 4) is 22.7 Å². The van der Waals surface area contributed by atoms with Gasteiger partial charge in [0.25, 0.3) is 0 Å². The molecule has 3 aromatic heterocycles. The van der Waals surface area contributed by atoms with E-state index < -0.39 is 12.1 Å². The van der Waals surface area contributed by atoms with E-state index in [1.165, 1.54) is 12.8 Å². The summed E-state index contributed by atoms with van der Waals surface area (Å²) in [7, 11) is 0. The number of nitrogens with one attached hydrogen (secondary N) is 2. The van der Waals surface area contributed by atoms with Crippen LogP contribution in [0.4, 0.5) is 19.2 Å². The molecule has 12 heteroatoms. The molecule has 178 valence electrons. The van der Waals surface area contributed by atoms with Crippen LogP contribution in [0.3, 0.4) is 0 Å². The molecule has 1 aliphatic rings. The molecular weight excluding hydrogens is 453 g/mol. The highest BCUT2D eigenvalue weighted by molar-refractivity contribution is 5.96. The Morgan fingerprint density at radius 2 is 1.97 bits per heavy atom. The van der Waals surface area contributed by atoms with Gasteiger partial charge in [-0.05, 0) is 44.9 Å². The lowest BCUT2D eigenvalue weighted by molar-refractivity contribution is -0.192. The minimum absolute atomic E-state index is 0.231. The van der Waals surface area contributed by atoms with Crippen LogP contribution in [0.5, 0.6) is 0 Å². The Labute approximate surface area is 191 Å². The smallest absolute Gasteiger partial charge is 0.475 e. The number of hydrogen-bond acceptors (Lipinski definition) is 7. The molecule has 0 saturated heterocycles. The van der Waals surface area contributed by atoms with E-state index in [1.807, 2.05) is 44.6 Å². The van der Waals surface area contributed by atoms with Crippen molar-refractivity contribution in [1.29, 1.82) is 0 Å². The Hall–Kier alpha value is -3.96. The quantitative estimate of drug-likeness (QED) is 0.368. The molecule has 0 atom stereocenters. The number of hydrogen-bond donors (Lipinski definition) is 3. The fourth-order valence-electron chi connectivity index (χ4n) is 3.20. The van der Waals surface area contributed by atoms with Crippen molar-refractivity contribution in [3.63, 3.8) is 0 Å². The largest absolute Gasteiger partial charge is 0.490 e. The minimum atomic E-state index is -5.08. The number of H-pyrrole nitrogens is 1.